The molecule has 47 heavy (non-hydrogen) atoms. The lowest BCUT2D eigenvalue weighted by atomic mass is 9.73. The predicted octanol–water partition coefficient (Wildman–Crippen LogP) is 5.47. The van der Waals surface area contributed by atoms with Crippen LogP contribution in [0, 0.1) is 18.8 Å². The maximum absolute atomic E-state index is 14.9. The van der Waals surface area contributed by atoms with E-state index in [1.807, 2.05) is 81.5 Å². The minimum Gasteiger partial charge on any atom is -0.494 e. The van der Waals surface area contributed by atoms with Crippen LogP contribution in [0.2, 0.25) is 5.02 Å². The Labute approximate surface area is 281 Å². The maximum Gasteiger partial charge on any atom is 0.253 e. The Hall–Kier alpha value is -3.66. The van der Waals surface area contributed by atoms with Crippen molar-refractivity contribution in [3.63, 3.8) is 0 Å². The van der Waals surface area contributed by atoms with E-state index >= 15 is 0 Å². The molecule has 2 saturated heterocycles. The molecule has 10 heteroatoms. The zero-order valence-electron chi connectivity index (χ0n) is 27.4. The number of likely N-dealkylation sites (tertiary alicyclic amines) is 1. The van der Waals surface area contributed by atoms with Crippen molar-refractivity contribution in [3.8, 4) is 5.75 Å². The number of hydrogen-bond acceptors (Lipinski definition) is 6. The highest BCUT2D eigenvalue weighted by molar-refractivity contribution is 6.34. The van der Waals surface area contributed by atoms with Crippen molar-refractivity contribution in [2.75, 3.05) is 42.6 Å². The van der Waals surface area contributed by atoms with E-state index < -0.39 is 29.1 Å². The molecule has 4 aliphatic heterocycles. The van der Waals surface area contributed by atoms with Crippen LogP contribution in [0.4, 0.5) is 11.4 Å². The Morgan fingerprint density at radius 2 is 1.62 bits per heavy atom. The third-order valence-electron chi connectivity index (χ3n) is 10.2. The van der Waals surface area contributed by atoms with E-state index in [2.05, 4.69) is 0 Å². The van der Waals surface area contributed by atoms with Gasteiger partial charge in [0.05, 0.1) is 34.8 Å². The molecule has 4 heterocycles. The second-order valence-corrected chi connectivity index (χ2v) is 13.2. The fraction of sp³-hybridized carbons (Fsp3) is 0.486. The summed E-state index contributed by atoms with van der Waals surface area (Å²) in [7, 11) is 0. The summed E-state index contributed by atoms with van der Waals surface area (Å²) in [6.45, 7) is 7.36. The Bertz CT molecular complexity index is 1560. The van der Waals surface area contributed by atoms with Gasteiger partial charge in [-0.25, -0.2) is 0 Å². The highest BCUT2D eigenvalue weighted by Gasteiger charge is 2.75. The number of amides is 3. The van der Waals surface area contributed by atoms with Gasteiger partial charge in [0.15, 0.2) is 0 Å². The first-order valence-corrected chi connectivity index (χ1v) is 17.2. The lowest BCUT2D eigenvalue weighted by Crippen LogP contribution is -2.56. The van der Waals surface area contributed by atoms with Crippen LogP contribution < -0.4 is 14.5 Å². The molecule has 0 aliphatic carbocycles. The second-order valence-electron chi connectivity index (χ2n) is 12.8. The molecule has 3 amide bonds. The summed E-state index contributed by atoms with van der Waals surface area (Å²) in [4.78, 5) is 49.5. The van der Waals surface area contributed by atoms with Crippen molar-refractivity contribution in [3.05, 3.63) is 77.4 Å². The predicted molar refractivity (Wildman–Crippen MR) is 182 cm³/mol. The van der Waals surface area contributed by atoms with Gasteiger partial charge in [0, 0.05) is 31.9 Å². The number of ether oxygens (including phenoxy) is 2. The van der Waals surface area contributed by atoms with E-state index in [1.54, 1.807) is 20.8 Å². The summed E-state index contributed by atoms with van der Waals surface area (Å²) in [5.74, 6) is -1.77. The first-order chi connectivity index (χ1) is 22.7. The van der Waals surface area contributed by atoms with Gasteiger partial charge in [-0.2, -0.15) is 0 Å². The van der Waals surface area contributed by atoms with Crippen molar-refractivity contribution in [2.45, 2.75) is 70.1 Å². The Balaban J connectivity index is 1.43. The normalized spacial score (nSPS) is 28.3. The van der Waals surface area contributed by atoms with Gasteiger partial charge in [-0.3, -0.25) is 14.4 Å². The molecule has 2 fully saturated rings. The minimum atomic E-state index is -1.36. The number of nitrogens with zero attached hydrogens (tertiary/aromatic N) is 3. The first-order valence-electron chi connectivity index (χ1n) is 16.8. The van der Waals surface area contributed by atoms with Crippen LogP contribution >= 0.6 is 11.6 Å². The number of halogens is 1. The van der Waals surface area contributed by atoms with Gasteiger partial charge in [-0.15, -0.1) is 0 Å². The Morgan fingerprint density at radius 1 is 0.894 bits per heavy atom. The van der Waals surface area contributed by atoms with Gasteiger partial charge in [-0.05, 0) is 69.0 Å². The maximum atomic E-state index is 14.9. The first kappa shape index (κ1) is 33.2. The third-order valence-corrected chi connectivity index (χ3v) is 10.5. The molecule has 0 bridgehead atoms. The molecule has 5 atom stereocenters. The number of hydrogen-bond donors (Lipinski definition) is 1. The fourth-order valence-corrected chi connectivity index (χ4v) is 8.36. The van der Waals surface area contributed by atoms with Crippen LogP contribution in [0.25, 0.3) is 0 Å². The fourth-order valence-electron chi connectivity index (χ4n) is 8.03. The van der Waals surface area contributed by atoms with Gasteiger partial charge in [0.1, 0.15) is 17.4 Å². The Kier molecular flexibility index (Phi) is 9.52. The molecular weight excluding hydrogens is 618 g/mol. The SMILES string of the molecule is CCOc1ccc(N2CC=C[C@]3(CC)O[C@]45C=CCN(c6c(C)cccc6Cl)C(=O)C4N(CCCCCCO)C(=O)[C@@H]5[C@@H]3C2=O)cc1. The molecule has 2 aromatic rings. The molecule has 0 saturated carbocycles. The van der Waals surface area contributed by atoms with E-state index in [-0.39, 0.29) is 30.9 Å². The molecule has 4 aliphatic rings. The van der Waals surface area contributed by atoms with Crippen LogP contribution in [0.5, 0.6) is 5.75 Å². The summed E-state index contributed by atoms with van der Waals surface area (Å²) >= 11 is 6.70. The van der Waals surface area contributed by atoms with Crippen molar-refractivity contribution in [2.24, 2.45) is 11.8 Å². The number of anilines is 2. The average Bonchev–Trinajstić information content (AvgIpc) is 3.34. The number of carbonyl (C=O) groups excluding carboxylic acids is 3. The second kappa shape index (κ2) is 13.5. The van der Waals surface area contributed by atoms with Gasteiger partial charge in [0.2, 0.25) is 11.8 Å². The Morgan fingerprint density at radius 3 is 2.32 bits per heavy atom. The van der Waals surface area contributed by atoms with E-state index in [4.69, 9.17) is 21.1 Å². The largest absolute Gasteiger partial charge is 0.494 e. The summed E-state index contributed by atoms with van der Waals surface area (Å²) < 4.78 is 12.7. The van der Waals surface area contributed by atoms with Crippen LogP contribution in [0.1, 0.15) is 51.5 Å². The molecule has 250 valence electrons. The number of aliphatic hydroxyl groups excluding tert-OH is 1. The highest BCUT2D eigenvalue weighted by atomic mass is 35.5. The van der Waals surface area contributed by atoms with E-state index in [0.717, 1.165) is 18.4 Å². The lowest BCUT2D eigenvalue weighted by Gasteiger charge is -2.38. The summed E-state index contributed by atoms with van der Waals surface area (Å²) in [6, 6.07) is 11.9. The van der Waals surface area contributed by atoms with Crippen LogP contribution in [-0.4, -0.2) is 77.8 Å². The van der Waals surface area contributed by atoms with E-state index in [1.165, 1.54) is 0 Å². The summed E-state index contributed by atoms with van der Waals surface area (Å²) in [6.07, 6.45) is 11.0. The molecule has 2 aromatic carbocycles. The molecule has 0 radical (unpaired) electrons. The van der Waals surface area contributed by atoms with Crippen LogP contribution in [-0.2, 0) is 19.1 Å². The standard InChI is InChI=1S/C37H44ClN3O6/c1-4-36-19-11-22-39(26-15-17-27(18-16-26)46-5-2)33(43)29(36)30-34(44)41(21-8-6-7-9-24-42)32-35(45)40(23-12-20-37(30,32)47-36)31-25(3)13-10-14-28(31)38/h10-20,29-30,32,42H,4-9,21-24H2,1-3H3/t29-,30+,32?,36+,37+/m1/s1. The smallest absolute Gasteiger partial charge is 0.253 e. The average molecular weight is 662 g/mol. The molecule has 1 N–H and O–H groups in total. The highest BCUT2D eigenvalue weighted by Crippen LogP contribution is 2.59. The number of aliphatic hydroxyl groups is 1. The molecular formula is C37H44ClN3O6. The zero-order chi connectivity index (χ0) is 33.3. The van der Waals surface area contributed by atoms with E-state index in [0.29, 0.717) is 61.1 Å². The summed E-state index contributed by atoms with van der Waals surface area (Å²) in [5, 5.41) is 9.73. The molecule has 1 spiro atoms. The van der Waals surface area contributed by atoms with Gasteiger partial charge >= 0.3 is 0 Å². The quantitative estimate of drug-likeness (QED) is 0.254. The zero-order valence-corrected chi connectivity index (χ0v) is 28.1. The van der Waals surface area contributed by atoms with Gasteiger partial charge < -0.3 is 29.3 Å². The van der Waals surface area contributed by atoms with Gasteiger partial charge in [-0.1, -0.05) is 67.8 Å². The number of carbonyl (C=O) groups is 3. The topological polar surface area (TPSA) is 99.6 Å². The minimum absolute atomic E-state index is 0.112. The molecule has 0 aromatic heterocycles. The number of aryl methyl sites for hydroxylation is 1. The summed E-state index contributed by atoms with van der Waals surface area (Å²) in [5.41, 5.74) is -0.283. The number of unbranched alkanes of at least 4 members (excludes halogenated alkanes) is 3. The van der Waals surface area contributed by atoms with Crippen LogP contribution in [0.15, 0.2) is 66.8 Å². The van der Waals surface area contributed by atoms with Crippen molar-refractivity contribution >= 4 is 40.7 Å². The number of fused-ring (bicyclic) bond motifs is 2. The van der Waals surface area contributed by atoms with Crippen LogP contribution in [0.3, 0.4) is 0 Å². The van der Waals surface area contributed by atoms with Crippen molar-refractivity contribution in [1.29, 1.82) is 0 Å². The lowest BCUT2D eigenvalue weighted by molar-refractivity contribution is -0.145. The van der Waals surface area contributed by atoms with Crippen molar-refractivity contribution < 1.29 is 29.0 Å². The van der Waals surface area contributed by atoms with E-state index in [9.17, 15) is 19.5 Å². The monoisotopic (exact) mass is 661 g/mol. The molecule has 1 unspecified atom stereocenters. The molecule has 9 nitrogen and oxygen atoms in total. The molecule has 6 rings (SSSR count). The number of para-hydroxylation sites is 1. The van der Waals surface area contributed by atoms with Crippen molar-refractivity contribution in [1.82, 2.24) is 4.90 Å². The number of rotatable bonds is 11. The number of benzene rings is 2. The van der Waals surface area contributed by atoms with Gasteiger partial charge in [0.25, 0.3) is 5.91 Å². The third kappa shape index (κ3) is 5.56.